The minimum Gasteiger partial charge on any atom is -0.151 e. The Kier molecular flexibility index (Phi) is 3.32. The summed E-state index contributed by atoms with van der Waals surface area (Å²) in [7, 11) is 0. The maximum Gasteiger partial charge on any atom is 0.0925 e. The van der Waals surface area contributed by atoms with E-state index in [0.717, 1.165) is 19.3 Å². The van der Waals surface area contributed by atoms with Gasteiger partial charge in [-0.15, -0.1) is 0 Å². The van der Waals surface area contributed by atoms with Crippen LogP contribution in [0.4, 0.5) is 0 Å². The lowest BCUT2D eigenvalue weighted by Gasteiger charge is -2.20. The van der Waals surface area contributed by atoms with Crippen LogP contribution < -0.4 is 0 Å². The SMILES string of the molecule is CC(C)(C)c1ccc(C2CCC(N=O)C2)cc1. The summed E-state index contributed by atoms with van der Waals surface area (Å²) in [4.78, 5) is 10.5. The van der Waals surface area contributed by atoms with E-state index in [4.69, 9.17) is 0 Å². The first-order chi connectivity index (χ1) is 8.00. The lowest BCUT2D eigenvalue weighted by Crippen LogP contribution is -2.10. The van der Waals surface area contributed by atoms with Gasteiger partial charge in [-0.05, 0) is 41.7 Å². The van der Waals surface area contributed by atoms with Crippen molar-refractivity contribution in [3.63, 3.8) is 0 Å². The second kappa shape index (κ2) is 4.59. The van der Waals surface area contributed by atoms with Gasteiger partial charge in [-0.2, -0.15) is 4.91 Å². The topological polar surface area (TPSA) is 29.4 Å². The fourth-order valence-electron chi connectivity index (χ4n) is 2.61. The van der Waals surface area contributed by atoms with Crippen LogP contribution >= 0.6 is 0 Å². The van der Waals surface area contributed by atoms with Crippen LogP contribution in [0.1, 0.15) is 57.1 Å². The molecule has 1 aromatic rings. The van der Waals surface area contributed by atoms with Crippen LogP contribution in [0.15, 0.2) is 29.4 Å². The third-order valence-electron chi connectivity index (χ3n) is 3.80. The molecule has 1 aliphatic rings. The molecular formula is C15H21NO. The van der Waals surface area contributed by atoms with Crippen LogP contribution in [-0.4, -0.2) is 6.04 Å². The van der Waals surface area contributed by atoms with E-state index < -0.39 is 0 Å². The molecule has 1 aliphatic carbocycles. The molecule has 0 heterocycles. The Hall–Kier alpha value is -1.18. The second-order valence-electron chi connectivity index (χ2n) is 6.14. The Morgan fingerprint density at radius 2 is 1.76 bits per heavy atom. The van der Waals surface area contributed by atoms with Gasteiger partial charge in [-0.3, -0.25) is 0 Å². The highest BCUT2D eigenvalue weighted by Gasteiger charge is 2.26. The monoisotopic (exact) mass is 231 g/mol. The Balaban J connectivity index is 2.11. The summed E-state index contributed by atoms with van der Waals surface area (Å²) in [5, 5.41) is 3.17. The summed E-state index contributed by atoms with van der Waals surface area (Å²) < 4.78 is 0. The van der Waals surface area contributed by atoms with Crippen LogP contribution in [0.25, 0.3) is 0 Å². The first-order valence-electron chi connectivity index (χ1n) is 6.43. The predicted octanol–water partition coefficient (Wildman–Crippen LogP) is 4.39. The molecule has 0 saturated heterocycles. The van der Waals surface area contributed by atoms with Crippen molar-refractivity contribution in [2.75, 3.05) is 0 Å². The number of rotatable bonds is 2. The highest BCUT2D eigenvalue weighted by atomic mass is 16.3. The standard InChI is InChI=1S/C15H21NO/c1-15(2,3)13-7-4-11(5-8-13)12-6-9-14(10-12)16-17/h4-5,7-8,12,14H,6,9-10H2,1-3H3. The summed E-state index contributed by atoms with van der Waals surface area (Å²) in [6, 6.07) is 8.92. The molecular weight excluding hydrogens is 210 g/mol. The molecule has 0 aliphatic heterocycles. The maximum atomic E-state index is 10.5. The van der Waals surface area contributed by atoms with Crippen LogP contribution in [0.2, 0.25) is 0 Å². The number of nitroso groups, excluding NO2 is 1. The van der Waals surface area contributed by atoms with E-state index in [2.05, 4.69) is 50.2 Å². The van der Waals surface area contributed by atoms with Crippen LogP contribution in [0, 0.1) is 4.91 Å². The smallest absolute Gasteiger partial charge is 0.0925 e. The summed E-state index contributed by atoms with van der Waals surface area (Å²) >= 11 is 0. The fourth-order valence-corrected chi connectivity index (χ4v) is 2.61. The molecule has 1 aromatic carbocycles. The summed E-state index contributed by atoms with van der Waals surface area (Å²) in [6.07, 6.45) is 2.98. The van der Waals surface area contributed by atoms with Gasteiger partial charge < -0.3 is 0 Å². The first kappa shape index (κ1) is 12.3. The zero-order valence-electron chi connectivity index (χ0n) is 10.9. The summed E-state index contributed by atoms with van der Waals surface area (Å²) in [6.45, 7) is 6.68. The average Bonchev–Trinajstić information content (AvgIpc) is 2.76. The largest absolute Gasteiger partial charge is 0.151 e. The molecule has 0 spiro atoms. The molecule has 92 valence electrons. The predicted molar refractivity (Wildman–Crippen MR) is 71.3 cm³/mol. The molecule has 0 bridgehead atoms. The van der Waals surface area contributed by atoms with Crippen molar-refractivity contribution in [1.29, 1.82) is 0 Å². The second-order valence-corrected chi connectivity index (χ2v) is 6.14. The molecule has 2 rings (SSSR count). The third-order valence-corrected chi connectivity index (χ3v) is 3.80. The highest BCUT2D eigenvalue weighted by Crippen LogP contribution is 2.36. The van der Waals surface area contributed by atoms with Crippen molar-refractivity contribution in [1.82, 2.24) is 0 Å². The van der Waals surface area contributed by atoms with Crippen molar-refractivity contribution in [3.8, 4) is 0 Å². The summed E-state index contributed by atoms with van der Waals surface area (Å²) in [5.74, 6) is 0.534. The Labute approximate surface area is 103 Å². The van der Waals surface area contributed by atoms with E-state index in [9.17, 15) is 4.91 Å². The zero-order chi connectivity index (χ0) is 12.5. The molecule has 1 fully saturated rings. The van der Waals surface area contributed by atoms with Gasteiger partial charge >= 0.3 is 0 Å². The normalized spacial score (nSPS) is 24.9. The molecule has 2 nitrogen and oxygen atoms in total. The lowest BCUT2D eigenvalue weighted by atomic mass is 9.85. The average molecular weight is 231 g/mol. The number of hydrogen-bond donors (Lipinski definition) is 0. The Morgan fingerprint density at radius 3 is 2.24 bits per heavy atom. The Morgan fingerprint density at radius 1 is 1.12 bits per heavy atom. The molecule has 0 amide bonds. The molecule has 0 radical (unpaired) electrons. The van der Waals surface area contributed by atoms with Gasteiger partial charge in [0.1, 0.15) is 0 Å². The molecule has 0 aromatic heterocycles. The molecule has 2 atom stereocenters. The van der Waals surface area contributed by atoms with Crippen LogP contribution in [-0.2, 0) is 5.41 Å². The first-order valence-corrected chi connectivity index (χ1v) is 6.43. The summed E-state index contributed by atoms with van der Waals surface area (Å²) in [5.41, 5.74) is 2.94. The number of benzene rings is 1. The van der Waals surface area contributed by atoms with E-state index in [1.54, 1.807) is 0 Å². The maximum absolute atomic E-state index is 10.5. The zero-order valence-corrected chi connectivity index (χ0v) is 10.9. The number of hydrogen-bond acceptors (Lipinski definition) is 2. The van der Waals surface area contributed by atoms with Crippen LogP contribution in [0.3, 0.4) is 0 Å². The van der Waals surface area contributed by atoms with Crippen molar-refractivity contribution < 1.29 is 0 Å². The van der Waals surface area contributed by atoms with E-state index in [0.29, 0.717) is 5.92 Å². The molecule has 1 saturated carbocycles. The van der Waals surface area contributed by atoms with Gasteiger partial charge in [0.15, 0.2) is 0 Å². The van der Waals surface area contributed by atoms with Gasteiger partial charge in [-0.1, -0.05) is 50.2 Å². The quantitative estimate of drug-likeness (QED) is 0.694. The Bertz CT molecular complexity index is 388. The van der Waals surface area contributed by atoms with E-state index in [1.807, 2.05) is 0 Å². The van der Waals surface area contributed by atoms with Gasteiger partial charge in [-0.25, -0.2) is 0 Å². The van der Waals surface area contributed by atoms with Gasteiger partial charge in [0, 0.05) is 0 Å². The van der Waals surface area contributed by atoms with Gasteiger partial charge in [0.25, 0.3) is 0 Å². The minimum absolute atomic E-state index is 0.0438. The van der Waals surface area contributed by atoms with Crippen LogP contribution in [0.5, 0.6) is 0 Å². The molecule has 17 heavy (non-hydrogen) atoms. The highest BCUT2D eigenvalue weighted by molar-refractivity contribution is 5.30. The lowest BCUT2D eigenvalue weighted by molar-refractivity contribution is 0.589. The molecule has 2 unspecified atom stereocenters. The van der Waals surface area contributed by atoms with E-state index in [1.165, 1.54) is 11.1 Å². The van der Waals surface area contributed by atoms with Gasteiger partial charge in [0.05, 0.1) is 6.04 Å². The van der Waals surface area contributed by atoms with Crippen molar-refractivity contribution in [2.45, 2.75) is 57.4 Å². The number of nitrogens with zero attached hydrogens (tertiary/aromatic N) is 1. The molecule has 2 heteroatoms. The fraction of sp³-hybridized carbons (Fsp3) is 0.600. The minimum atomic E-state index is 0.0438. The molecule has 0 N–H and O–H groups in total. The van der Waals surface area contributed by atoms with E-state index >= 15 is 0 Å². The van der Waals surface area contributed by atoms with Crippen molar-refractivity contribution in [2.24, 2.45) is 5.18 Å². The third kappa shape index (κ3) is 2.74. The van der Waals surface area contributed by atoms with E-state index in [-0.39, 0.29) is 11.5 Å². The van der Waals surface area contributed by atoms with Crippen molar-refractivity contribution in [3.05, 3.63) is 40.3 Å². The van der Waals surface area contributed by atoms with Gasteiger partial charge in [0.2, 0.25) is 0 Å². The van der Waals surface area contributed by atoms with Crippen molar-refractivity contribution >= 4 is 0 Å².